The second kappa shape index (κ2) is 6.91. The molecule has 106 valence electrons. The van der Waals surface area contributed by atoms with Crippen LogP contribution in [0.1, 0.15) is 26.2 Å². The van der Waals surface area contributed by atoms with Gasteiger partial charge in [-0.2, -0.15) is 4.31 Å². The zero-order chi connectivity index (χ0) is 13.6. The molecular formula is C10H21N3O4S. The number of hydrogen-bond donors (Lipinski definition) is 2. The smallest absolute Gasteiger partial charge is 0.217 e. The Labute approximate surface area is 108 Å². The van der Waals surface area contributed by atoms with Crippen LogP contribution < -0.4 is 5.73 Å². The van der Waals surface area contributed by atoms with Gasteiger partial charge in [-0.15, -0.1) is 0 Å². The first kappa shape index (κ1) is 15.2. The summed E-state index contributed by atoms with van der Waals surface area (Å²) in [6, 6.07) is -0.532. The van der Waals surface area contributed by atoms with Crippen LogP contribution in [-0.4, -0.2) is 55.3 Å². The summed E-state index contributed by atoms with van der Waals surface area (Å²) < 4.78 is 30.7. The van der Waals surface area contributed by atoms with Gasteiger partial charge in [0.25, 0.3) is 0 Å². The van der Waals surface area contributed by atoms with Crippen molar-refractivity contribution in [3.8, 4) is 0 Å². The Kier molecular flexibility index (Phi) is 5.83. The van der Waals surface area contributed by atoms with Crippen molar-refractivity contribution in [1.82, 2.24) is 4.31 Å². The molecule has 18 heavy (non-hydrogen) atoms. The third-order valence-electron chi connectivity index (χ3n) is 2.96. The van der Waals surface area contributed by atoms with Crippen LogP contribution in [-0.2, 0) is 14.8 Å². The molecule has 0 aromatic heterocycles. The predicted molar refractivity (Wildman–Crippen MR) is 68.0 cm³/mol. The highest BCUT2D eigenvalue weighted by atomic mass is 32.2. The number of rotatable bonds is 6. The number of piperidine rings is 1. The summed E-state index contributed by atoms with van der Waals surface area (Å²) in [5, 5.41) is 11.6. The lowest BCUT2D eigenvalue weighted by Crippen LogP contribution is -2.51. The van der Waals surface area contributed by atoms with Crippen molar-refractivity contribution in [2.45, 2.75) is 32.2 Å². The van der Waals surface area contributed by atoms with E-state index in [0.717, 1.165) is 12.8 Å². The number of amidine groups is 1. The van der Waals surface area contributed by atoms with E-state index in [1.165, 1.54) is 4.31 Å². The maximum Gasteiger partial charge on any atom is 0.217 e. The molecule has 0 aromatic rings. The maximum absolute atomic E-state index is 12.1. The molecule has 1 saturated heterocycles. The molecule has 1 atom stereocenters. The molecule has 7 nitrogen and oxygen atoms in total. The summed E-state index contributed by atoms with van der Waals surface area (Å²) in [5.74, 6) is -0.120. The van der Waals surface area contributed by atoms with E-state index in [2.05, 4.69) is 5.16 Å². The molecule has 1 aliphatic rings. The van der Waals surface area contributed by atoms with E-state index < -0.39 is 16.1 Å². The quantitative estimate of drug-likeness (QED) is 0.233. The van der Waals surface area contributed by atoms with Crippen molar-refractivity contribution >= 4 is 15.9 Å². The summed E-state index contributed by atoms with van der Waals surface area (Å²) >= 11 is 0. The fourth-order valence-electron chi connectivity index (χ4n) is 2.03. The number of nitrogens with zero attached hydrogens (tertiary/aromatic N) is 2. The first-order valence-electron chi connectivity index (χ1n) is 6.07. The van der Waals surface area contributed by atoms with E-state index in [9.17, 15) is 8.42 Å². The van der Waals surface area contributed by atoms with Gasteiger partial charge in [-0.1, -0.05) is 11.6 Å². The van der Waals surface area contributed by atoms with E-state index >= 15 is 0 Å². The lowest BCUT2D eigenvalue weighted by Gasteiger charge is -2.33. The van der Waals surface area contributed by atoms with Gasteiger partial charge in [-0.25, -0.2) is 8.42 Å². The lowest BCUT2D eigenvalue weighted by atomic mass is 10.0. The van der Waals surface area contributed by atoms with Crippen molar-refractivity contribution in [1.29, 1.82) is 0 Å². The average Bonchev–Trinajstić information content (AvgIpc) is 2.38. The lowest BCUT2D eigenvalue weighted by molar-refractivity contribution is 0.161. The fourth-order valence-corrected chi connectivity index (χ4v) is 3.60. The van der Waals surface area contributed by atoms with Crippen LogP contribution in [0.3, 0.4) is 0 Å². The molecular weight excluding hydrogens is 258 g/mol. The van der Waals surface area contributed by atoms with Crippen molar-refractivity contribution in [2.75, 3.05) is 25.5 Å². The molecule has 1 fully saturated rings. The van der Waals surface area contributed by atoms with E-state index in [-0.39, 0.29) is 18.2 Å². The number of ether oxygens (including phenoxy) is 1. The minimum Gasteiger partial charge on any atom is -0.409 e. The number of sulfonamides is 1. The Morgan fingerprint density at radius 1 is 1.56 bits per heavy atom. The van der Waals surface area contributed by atoms with Crippen molar-refractivity contribution in [3.05, 3.63) is 0 Å². The van der Waals surface area contributed by atoms with Crippen LogP contribution in [0.5, 0.6) is 0 Å². The monoisotopic (exact) mass is 279 g/mol. The molecule has 0 saturated carbocycles. The van der Waals surface area contributed by atoms with E-state index in [4.69, 9.17) is 15.7 Å². The zero-order valence-corrected chi connectivity index (χ0v) is 11.4. The Hall–Kier alpha value is -0.860. The summed E-state index contributed by atoms with van der Waals surface area (Å²) in [6.07, 6.45) is 2.26. The van der Waals surface area contributed by atoms with Crippen LogP contribution >= 0.6 is 0 Å². The number of hydrogen-bond acceptors (Lipinski definition) is 5. The molecule has 0 aromatic carbocycles. The summed E-state index contributed by atoms with van der Waals surface area (Å²) in [7, 11) is -3.42. The van der Waals surface area contributed by atoms with Crippen LogP contribution in [0.15, 0.2) is 5.16 Å². The molecule has 3 N–H and O–H groups in total. The fraction of sp³-hybridized carbons (Fsp3) is 0.900. The zero-order valence-electron chi connectivity index (χ0n) is 10.6. The predicted octanol–water partition coefficient (Wildman–Crippen LogP) is -0.0464. The maximum atomic E-state index is 12.1. The highest BCUT2D eigenvalue weighted by Gasteiger charge is 2.34. The first-order valence-corrected chi connectivity index (χ1v) is 7.68. The van der Waals surface area contributed by atoms with Gasteiger partial charge in [0.1, 0.15) is 0 Å². The standard InChI is InChI=1S/C10H21N3O4S/c1-2-17-7-8-18(15,16)13-6-4-3-5-9(13)10(11)12-14/h9,14H,2-8H2,1H3,(H2,11,12). The van der Waals surface area contributed by atoms with Crippen LogP contribution in [0.4, 0.5) is 0 Å². The molecule has 1 aliphatic heterocycles. The minimum atomic E-state index is -3.42. The number of nitrogens with two attached hydrogens (primary N) is 1. The van der Waals surface area contributed by atoms with E-state index in [0.29, 0.717) is 19.6 Å². The highest BCUT2D eigenvalue weighted by molar-refractivity contribution is 7.89. The number of oxime groups is 1. The average molecular weight is 279 g/mol. The van der Waals surface area contributed by atoms with E-state index in [1.807, 2.05) is 6.92 Å². The minimum absolute atomic E-state index is 0.0466. The van der Waals surface area contributed by atoms with Gasteiger partial charge in [0, 0.05) is 13.2 Å². The van der Waals surface area contributed by atoms with Gasteiger partial charge in [-0.05, 0) is 19.8 Å². The Bertz CT molecular complexity index is 383. The topological polar surface area (TPSA) is 105 Å². The summed E-state index contributed by atoms with van der Waals surface area (Å²) in [6.45, 7) is 2.87. The Balaban J connectivity index is 2.76. The second-order valence-electron chi connectivity index (χ2n) is 4.16. The van der Waals surface area contributed by atoms with Gasteiger partial charge >= 0.3 is 0 Å². The highest BCUT2D eigenvalue weighted by Crippen LogP contribution is 2.21. The van der Waals surface area contributed by atoms with Gasteiger partial charge in [0.2, 0.25) is 10.0 Å². The summed E-state index contributed by atoms with van der Waals surface area (Å²) in [4.78, 5) is 0. The first-order chi connectivity index (χ1) is 8.53. The molecule has 0 spiro atoms. The molecule has 0 amide bonds. The van der Waals surface area contributed by atoms with Gasteiger partial charge < -0.3 is 15.7 Å². The van der Waals surface area contributed by atoms with Crippen LogP contribution in [0.2, 0.25) is 0 Å². The van der Waals surface area contributed by atoms with Crippen molar-refractivity contribution in [2.24, 2.45) is 10.9 Å². The van der Waals surface area contributed by atoms with E-state index in [1.54, 1.807) is 0 Å². The van der Waals surface area contributed by atoms with Crippen LogP contribution in [0.25, 0.3) is 0 Å². The van der Waals surface area contributed by atoms with Gasteiger partial charge in [-0.3, -0.25) is 0 Å². The van der Waals surface area contributed by atoms with Crippen LogP contribution in [0, 0.1) is 0 Å². The molecule has 1 unspecified atom stereocenters. The van der Waals surface area contributed by atoms with Gasteiger partial charge in [0.15, 0.2) is 5.84 Å². The largest absolute Gasteiger partial charge is 0.409 e. The van der Waals surface area contributed by atoms with Crippen molar-refractivity contribution in [3.63, 3.8) is 0 Å². The molecule has 0 radical (unpaired) electrons. The van der Waals surface area contributed by atoms with Gasteiger partial charge in [0.05, 0.1) is 18.4 Å². The van der Waals surface area contributed by atoms with Crippen molar-refractivity contribution < 1.29 is 18.4 Å². The third-order valence-corrected chi connectivity index (χ3v) is 4.79. The SMILES string of the molecule is CCOCCS(=O)(=O)N1CCCCC1C(N)=NO. The Morgan fingerprint density at radius 2 is 2.28 bits per heavy atom. The molecule has 8 heteroatoms. The summed E-state index contributed by atoms with van der Waals surface area (Å²) in [5.41, 5.74) is 5.55. The molecule has 1 heterocycles. The molecule has 0 aliphatic carbocycles. The third kappa shape index (κ3) is 3.82. The normalized spacial score (nSPS) is 23.2. The molecule has 1 rings (SSSR count). The second-order valence-corrected chi connectivity index (χ2v) is 6.20. The molecule has 0 bridgehead atoms. The Morgan fingerprint density at radius 3 is 2.89 bits per heavy atom.